The van der Waals surface area contributed by atoms with Crippen molar-refractivity contribution in [2.24, 2.45) is 11.8 Å². The number of carbonyl (C=O) groups is 2. The van der Waals surface area contributed by atoms with Crippen LogP contribution in [0.1, 0.15) is 82.4 Å². The van der Waals surface area contributed by atoms with Gasteiger partial charge in [0.2, 0.25) is 11.8 Å². The minimum atomic E-state index is -0.207. The number of piperidine rings is 1. The van der Waals surface area contributed by atoms with E-state index >= 15 is 0 Å². The number of rotatable bonds is 8. The van der Waals surface area contributed by atoms with Crippen LogP contribution in [0.15, 0.2) is 24.3 Å². The van der Waals surface area contributed by atoms with E-state index in [1.54, 1.807) is 7.11 Å². The number of hydrogen-bond acceptors (Lipinski definition) is 4. The Kier molecular flexibility index (Phi) is 8.30. The van der Waals surface area contributed by atoms with E-state index in [0.717, 1.165) is 31.5 Å². The Labute approximate surface area is 204 Å². The molecule has 2 atom stereocenters. The third-order valence-corrected chi connectivity index (χ3v) is 8.28. The van der Waals surface area contributed by atoms with Gasteiger partial charge in [-0.1, -0.05) is 57.4 Å². The molecule has 6 heteroatoms. The van der Waals surface area contributed by atoms with E-state index in [2.05, 4.69) is 28.4 Å². The fraction of sp³-hybridized carbons (Fsp3) is 0.714. The van der Waals surface area contributed by atoms with Crippen LogP contribution in [0.4, 0.5) is 0 Å². The second-order valence-electron chi connectivity index (χ2n) is 10.8. The Morgan fingerprint density at radius 2 is 1.79 bits per heavy atom. The summed E-state index contributed by atoms with van der Waals surface area (Å²) in [6, 6.07) is 8.26. The summed E-state index contributed by atoms with van der Waals surface area (Å²) in [6.07, 6.45) is 8.48. The Balaban J connectivity index is 1.53. The maximum absolute atomic E-state index is 13.1. The first-order valence-corrected chi connectivity index (χ1v) is 13.2. The molecule has 1 aromatic rings. The largest absolute Gasteiger partial charge is 0.382 e. The number of benzene rings is 1. The Hall–Kier alpha value is -1.92. The van der Waals surface area contributed by atoms with Crippen molar-refractivity contribution < 1.29 is 19.1 Å². The highest BCUT2D eigenvalue weighted by atomic mass is 16.5. The van der Waals surface area contributed by atoms with Crippen LogP contribution in [0, 0.1) is 11.8 Å². The second kappa shape index (κ2) is 11.2. The quantitative estimate of drug-likeness (QED) is 0.573. The van der Waals surface area contributed by atoms with Crippen LogP contribution >= 0.6 is 0 Å². The molecule has 4 rings (SSSR count). The SMILES string of the molecule is COCCO[C@@H]1[C@@H](NC(=O)C(C)C)c2ccccc2C12CCN(C(=O)CC1CCCCC1)CC2. The lowest BCUT2D eigenvalue weighted by Crippen LogP contribution is -2.52. The van der Waals surface area contributed by atoms with Gasteiger partial charge in [-0.3, -0.25) is 9.59 Å². The molecule has 3 aliphatic rings. The summed E-state index contributed by atoms with van der Waals surface area (Å²) in [5.41, 5.74) is 2.22. The van der Waals surface area contributed by atoms with Gasteiger partial charge in [0, 0.05) is 38.0 Å². The summed E-state index contributed by atoms with van der Waals surface area (Å²) < 4.78 is 11.8. The normalized spacial score (nSPS) is 24.4. The molecule has 0 aromatic heterocycles. The smallest absolute Gasteiger partial charge is 0.223 e. The first kappa shape index (κ1) is 25.2. The molecule has 2 amide bonds. The average molecular weight is 471 g/mol. The van der Waals surface area contributed by atoms with Crippen molar-refractivity contribution in [2.75, 3.05) is 33.4 Å². The molecule has 1 saturated heterocycles. The lowest BCUT2D eigenvalue weighted by molar-refractivity contribution is -0.135. The summed E-state index contributed by atoms with van der Waals surface area (Å²) in [7, 11) is 1.68. The zero-order valence-electron chi connectivity index (χ0n) is 21.2. The number of methoxy groups -OCH3 is 1. The zero-order chi connectivity index (χ0) is 24.1. The van der Waals surface area contributed by atoms with E-state index in [0.29, 0.717) is 31.5 Å². The standard InChI is InChI=1S/C28H42N2O4/c1-20(2)27(32)29-25-22-11-7-8-12-23(22)28(26(25)34-18-17-33-3)13-15-30(16-14-28)24(31)19-21-9-5-4-6-10-21/h7-8,11-12,20-21,25-26H,4-6,9-10,13-19H2,1-3H3,(H,29,32)/t25-,26+/m0/s1. The fourth-order valence-corrected chi connectivity index (χ4v) is 6.32. The molecular weight excluding hydrogens is 428 g/mol. The fourth-order valence-electron chi connectivity index (χ4n) is 6.32. The highest BCUT2D eigenvalue weighted by Crippen LogP contribution is 2.52. The van der Waals surface area contributed by atoms with Gasteiger partial charge in [0.15, 0.2) is 0 Å². The molecule has 2 fully saturated rings. The monoisotopic (exact) mass is 470 g/mol. The van der Waals surface area contributed by atoms with Crippen molar-refractivity contribution in [2.45, 2.75) is 82.8 Å². The third-order valence-electron chi connectivity index (χ3n) is 8.28. The molecule has 1 heterocycles. The van der Waals surface area contributed by atoms with Crippen molar-refractivity contribution in [3.8, 4) is 0 Å². The maximum Gasteiger partial charge on any atom is 0.223 e. The highest BCUT2D eigenvalue weighted by molar-refractivity contribution is 5.79. The van der Waals surface area contributed by atoms with Crippen LogP contribution in [0.5, 0.6) is 0 Å². The van der Waals surface area contributed by atoms with Gasteiger partial charge in [0.1, 0.15) is 0 Å². The van der Waals surface area contributed by atoms with Gasteiger partial charge < -0.3 is 19.7 Å². The molecule has 0 bridgehead atoms. The molecule has 1 aromatic carbocycles. The van der Waals surface area contributed by atoms with E-state index in [1.807, 2.05) is 19.9 Å². The minimum Gasteiger partial charge on any atom is -0.382 e. The molecule has 0 unspecified atom stereocenters. The summed E-state index contributed by atoms with van der Waals surface area (Å²) in [4.78, 5) is 27.9. The minimum absolute atomic E-state index is 0.0392. The number of ether oxygens (including phenoxy) is 2. The highest BCUT2D eigenvalue weighted by Gasteiger charge is 2.54. The van der Waals surface area contributed by atoms with Gasteiger partial charge in [-0.15, -0.1) is 0 Å². The zero-order valence-corrected chi connectivity index (χ0v) is 21.2. The van der Waals surface area contributed by atoms with Crippen molar-refractivity contribution in [3.05, 3.63) is 35.4 Å². The molecular formula is C28H42N2O4. The van der Waals surface area contributed by atoms with Crippen LogP contribution in [-0.4, -0.2) is 56.2 Å². The predicted molar refractivity (Wildman–Crippen MR) is 132 cm³/mol. The third kappa shape index (κ3) is 5.18. The number of fused-ring (bicyclic) bond motifs is 2. The lowest BCUT2D eigenvalue weighted by Gasteiger charge is -2.44. The summed E-state index contributed by atoms with van der Waals surface area (Å²) in [6.45, 7) is 6.32. The Morgan fingerprint density at radius 1 is 1.09 bits per heavy atom. The number of nitrogens with one attached hydrogen (secondary N) is 1. The molecule has 34 heavy (non-hydrogen) atoms. The number of amides is 2. The van der Waals surface area contributed by atoms with Crippen LogP contribution in [0.3, 0.4) is 0 Å². The molecule has 1 saturated carbocycles. The van der Waals surface area contributed by atoms with Gasteiger partial charge in [0.05, 0.1) is 25.4 Å². The van der Waals surface area contributed by atoms with Crippen molar-refractivity contribution in [3.63, 3.8) is 0 Å². The van der Waals surface area contributed by atoms with Crippen molar-refractivity contribution in [1.29, 1.82) is 0 Å². The number of hydrogen-bond donors (Lipinski definition) is 1. The average Bonchev–Trinajstić information content (AvgIpc) is 3.09. The van der Waals surface area contributed by atoms with Crippen LogP contribution in [0.2, 0.25) is 0 Å². The molecule has 0 radical (unpaired) electrons. The molecule has 188 valence electrons. The summed E-state index contributed by atoms with van der Waals surface area (Å²) >= 11 is 0. The summed E-state index contributed by atoms with van der Waals surface area (Å²) in [5, 5.41) is 3.29. The first-order valence-electron chi connectivity index (χ1n) is 13.2. The van der Waals surface area contributed by atoms with Gasteiger partial charge in [-0.05, 0) is 42.7 Å². The second-order valence-corrected chi connectivity index (χ2v) is 10.8. The van der Waals surface area contributed by atoms with Gasteiger partial charge >= 0.3 is 0 Å². The molecule has 2 aliphatic carbocycles. The number of nitrogens with zero attached hydrogens (tertiary/aromatic N) is 1. The van der Waals surface area contributed by atoms with E-state index in [-0.39, 0.29) is 29.4 Å². The van der Waals surface area contributed by atoms with E-state index in [9.17, 15) is 9.59 Å². The van der Waals surface area contributed by atoms with Crippen molar-refractivity contribution >= 4 is 11.8 Å². The van der Waals surface area contributed by atoms with Crippen molar-refractivity contribution in [1.82, 2.24) is 10.2 Å². The topological polar surface area (TPSA) is 67.9 Å². The Morgan fingerprint density at radius 3 is 2.47 bits per heavy atom. The predicted octanol–water partition coefficient (Wildman–Crippen LogP) is 4.38. The van der Waals surface area contributed by atoms with Gasteiger partial charge in [0.25, 0.3) is 0 Å². The molecule has 1 aliphatic heterocycles. The van der Waals surface area contributed by atoms with Crippen LogP contribution < -0.4 is 5.32 Å². The maximum atomic E-state index is 13.1. The van der Waals surface area contributed by atoms with Crippen LogP contribution in [-0.2, 0) is 24.5 Å². The van der Waals surface area contributed by atoms with Crippen LogP contribution in [0.25, 0.3) is 0 Å². The van der Waals surface area contributed by atoms with Gasteiger partial charge in [-0.2, -0.15) is 0 Å². The first-order chi connectivity index (χ1) is 16.5. The lowest BCUT2D eigenvalue weighted by atomic mass is 9.71. The molecule has 1 spiro atoms. The van der Waals surface area contributed by atoms with E-state index in [1.165, 1.54) is 37.7 Å². The van der Waals surface area contributed by atoms with Gasteiger partial charge in [-0.25, -0.2) is 0 Å². The molecule has 6 nitrogen and oxygen atoms in total. The number of likely N-dealkylation sites (tertiary alicyclic amines) is 1. The van der Waals surface area contributed by atoms with E-state index in [4.69, 9.17) is 9.47 Å². The molecule has 1 N–H and O–H groups in total. The van der Waals surface area contributed by atoms with E-state index < -0.39 is 0 Å². The Bertz CT molecular complexity index is 841. The number of carbonyl (C=O) groups excluding carboxylic acids is 2. The summed E-state index contributed by atoms with van der Waals surface area (Å²) in [5.74, 6) is 0.819.